The van der Waals surface area contributed by atoms with Crippen LogP contribution in [0, 0.1) is 6.92 Å². The summed E-state index contributed by atoms with van der Waals surface area (Å²) in [7, 11) is 0. The zero-order chi connectivity index (χ0) is 16.2. The second kappa shape index (κ2) is 7.14. The molecule has 118 valence electrons. The van der Waals surface area contributed by atoms with Gasteiger partial charge < -0.3 is 9.84 Å². The number of rotatable bonds is 5. The van der Waals surface area contributed by atoms with E-state index in [-0.39, 0.29) is 5.91 Å². The molecule has 1 aromatic carbocycles. The average Bonchev–Trinajstić information content (AvgIpc) is 2.94. The molecule has 0 radical (unpaired) electrons. The van der Waals surface area contributed by atoms with Crippen LogP contribution in [0.4, 0.5) is 0 Å². The predicted molar refractivity (Wildman–Crippen MR) is 93.7 cm³/mol. The summed E-state index contributed by atoms with van der Waals surface area (Å²) in [6.07, 6.45) is 1.50. The smallest absolute Gasteiger partial charge is 0.257 e. The second-order valence-electron chi connectivity index (χ2n) is 4.90. The molecule has 0 spiro atoms. The van der Waals surface area contributed by atoms with Gasteiger partial charge in [0.15, 0.2) is 0 Å². The first-order valence-electron chi connectivity index (χ1n) is 7.02. The molecule has 3 rings (SSSR count). The molecule has 7 heteroatoms. The van der Waals surface area contributed by atoms with Crippen molar-refractivity contribution in [1.29, 1.82) is 0 Å². The van der Waals surface area contributed by atoms with Crippen molar-refractivity contribution >= 4 is 44.7 Å². The van der Waals surface area contributed by atoms with Crippen LogP contribution in [-0.2, 0) is 0 Å². The first-order valence-corrected chi connectivity index (χ1v) is 8.80. The molecule has 0 atom stereocenters. The minimum Gasteiger partial charge on any atom is -0.351 e. The van der Waals surface area contributed by atoms with Gasteiger partial charge in [-0.25, -0.2) is 4.98 Å². The molecule has 0 bridgehead atoms. The molecular weight excluding hydrogens is 378 g/mol. The van der Waals surface area contributed by atoms with E-state index < -0.39 is 0 Å². The summed E-state index contributed by atoms with van der Waals surface area (Å²) in [6.45, 7) is 2.41. The van der Waals surface area contributed by atoms with Gasteiger partial charge in [-0.1, -0.05) is 21.1 Å². The number of hydrogen-bond donors (Lipinski definition) is 1. The molecular formula is C16H14BrN3O2S. The fraction of sp³-hybridized carbons (Fsp3) is 0.188. The maximum Gasteiger partial charge on any atom is 0.257 e. The molecule has 0 aliphatic carbocycles. The summed E-state index contributed by atoms with van der Waals surface area (Å²) >= 11 is 5.10. The Hall–Kier alpha value is -1.86. The van der Waals surface area contributed by atoms with Crippen LogP contribution >= 0.6 is 27.7 Å². The molecule has 5 nitrogen and oxygen atoms in total. The maximum absolute atomic E-state index is 12.2. The Labute approximate surface area is 146 Å². The Balaban J connectivity index is 1.54. The van der Waals surface area contributed by atoms with Crippen molar-refractivity contribution in [3.05, 3.63) is 52.3 Å². The van der Waals surface area contributed by atoms with Crippen LogP contribution in [0.15, 0.2) is 50.4 Å². The van der Waals surface area contributed by atoms with Gasteiger partial charge in [0.25, 0.3) is 11.6 Å². The summed E-state index contributed by atoms with van der Waals surface area (Å²) in [5.74, 6) is 0.659. The number of aryl methyl sites for hydroxylation is 1. The zero-order valence-corrected chi connectivity index (χ0v) is 14.8. The number of pyridine rings is 1. The molecule has 0 saturated heterocycles. The van der Waals surface area contributed by atoms with Gasteiger partial charge in [0.1, 0.15) is 0 Å². The van der Waals surface area contributed by atoms with Gasteiger partial charge in [-0.05, 0) is 37.3 Å². The van der Waals surface area contributed by atoms with E-state index in [4.69, 9.17) is 4.52 Å². The van der Waals surface area contributed by atoms with Gasteiger partial charge in [-0.2, -0.15) is 0 Å². The predicted octanol–water partition coefficient (Wildman–Crippen LogP) is 3.82. The van der Waals surface area contributed by atoms with E-state index in [1.165, 1.54) is 11.1 Å². The van der Waals surface area contributed by atoms with Crippen molar-refractivity contribution in [2.45, 2.75) is 11.8 Å². The van der Waals surface area contributed by atoms with Crippen molar-refractivity contribution in [1.82, 2.24) is 15.5 Å². The molecule has 2 aromatic heterocycles. The third-order valence-electron chi connectivity index (χ3n) is 3.24. The number of aromatic nitrogens is 2. The van der Waals surface area contributed by atoms with Crippen molar-refractivity contribution in [3.63, 3.8) is 0 Å². The van der Waals surface area contributed by atoms with E-state index in [0.29, 0.717) is 17.8 Å². The minimum atomic E-state index is -0.142. The number of carbonyl (C=O) groups is 1. The Kier molecular flexibility index (Phi) is 4.97. The topological polar surface area (TPSA) is 68.0 Å². The van der Waals surface area contributed by atoms with E-state index >= 15 is 0 Å². The van der Waals surface area contributed by atoms with Crippen LogP contribution in [0.2, 0.25) is 0 Å². The van der Waals surface area contributed by atoms with Gasteiger partial charge in [-0.15, -0.1) is 11.8 Å². The van der Waals surface area contributed by atoms with Gasteiger partial charge in [0, 0.05) is 27.9 Å². The minimum absolute atomic E-state index is 0.142. The Morgan fingerprint density at radius 1 is 1.35 bits per heavy atom. The van der Waals surface area contributed by atoms with E-state index in [2.05, 4.69) is 31.4 Å². The van der Waals surface area contributed by atoms with Crippen LogP contribution in [0.25, 0.3) is 11.1 Å². The summed E-state index contributed by atoms with van der Waals surface area (Å²) in [5.41, 5.74) is 1.69. The maximum atomic E-state index is 12.2. The largest absolute Gasteiger partial charge is 0.351 e. The number of nitrogens with one attached hydrogen (secondary N) is 1. The highest BCUT2D eigenvalue weighted by Crippen LogP contribution is 2.20. The summed E-state index contributed by atoms with van der Waals surface area (Å²) < 4.78 is 6.10. The van der Waals surface area contributed by atoms with E-state index in [1.807, 2.05) is 31.2 Å². The Bertz CT molecular complexity index is 833. The fourth-order valence-electron chi connectivity index (χ4n) is 2.04. The Morgan fingerprint density at radius 3 is 2.91 bits per heavy atom. The number of halogens is 1. The van der Waals surface area contributed by atoms with Crippen LogP contribution in [0.5, 0.6) is 0 Å². The third kappa shape index (κ3) is 3.92. The monoisotopic (exact) mass is 391 g/mol. The number of carbonyl (C=O) groups excluding carboxylic acids is 1. The van der Waals surface area contributed by atoms with Crippen LogP contribution in [-0.4, -0.2) is 28.3 Å². The number of amides is 1. The second-order valence-corrected chi connectivity index (χ2v) is 6.99. The van der Waals surface area contributed by atoms with Crippen molar-refractivity contribution in [2.24, 2.45) is 0 Å². The molecule has 23 heavy (non-hydrogen) atoms. The highest BCUT2D eigenvalue weighted by Gasteiger charge is 2.11. The summed E-state index contributed by atoms with van der Waals surface area (Å²) in [6, 6.07) is 9.85. The number of hydrogen-bond acceptors (Lipinski definition) is 5. The SMILES string of the molecule is Cc1noc2ncc(C(=O)NCCSc3ccc(Br)cc3)cc12. The van der Waals surface area contributed by atoms with Crippen LogP contribution in [0.1, 0.15) is 16.1 Å². The fourth-order valence-corrected chi connectivity index (χ4v) is 3.07. The molecule has 0 fully saturated rings. The summed E-state index contributed by atoms with van der Waals surface area (Å²) in [4.78, 5) is 17.4. The molecule has 0 aliphatic rings. The van der Waals surface area contributed by atoms with Crippen LogP contribution < -0.4 is 5.32 Å². The average molecular weight is 392 g/mol. The summed E-state index contributed by atoms with van der Waals surface area (Å²) in [5, 5.41) is 7.50. The lowest BCUT2D eigenvalue weighted by molar-refractivity contribution is 0.0956. The van der Waals surface area contributed by atoms with Crippen molar-refractivity contribution in [2.75, 3.05) is 12.3 Å². The van der Waals surface area contributed by atoms with Gasteiger partial charge in [0.05, 0.1) is 16.6 Å². The number of nitrogens with zero attached hydrogens (tertiary/aromatic N) is 2. The van der Waals surface area contributed by atoms with E-state index in [1.54, 1.807) is 17.8 Å². The van der Waals surface area contributed by atoms with Gasteiger partial charge in [-0.3, -0.25) is 4.79 Å². The number of thioether (sulfide) groups is 1. The van der Waals surface area contributed by atoms with Crippen molar-refractivity contribution in [3.8, 4) is 0 Å². The first kappa shape index (κ1) is 16.0. The van der Waals surface area contributed by atoms with Crippen molar-refractivity contribution < 1.29 is 9.32 Å². The lowest BCUT2D eigenvalue weighted by atomic mass is 10.2. The Morgan fingerprint density at radius 2 is 2.13 bits per heavy atom. The highest BCUT2D eigenvalue weighted by molar-refractivity contribution is 9.10. The first-order chi connectivity index (χ1) is 11.1. The molecule has 3 aromatic rings. The lowest BCUT2D eigenvalue weighted by Crippen LogP contribution is -2.25. The van der Waals surface area contributed by atoms with E-state index in [9.17, 15) is 4.79 Å². The van der Waals surface area contributed by atoms with Crippen LogP contribution in [0.3, 0.4) is 0 Å². The molecule has 0 unspecified atom stereocenters. The highest BCUT2D eigenvalue weighted by atomic mass is 79.9. The quantitative estimate of drug-likeness (QED) is 0.528. The molecule has 0 saturated carbocycles. The number of fused-ring (bicyclic) bond motifs is 1. The van der Waals surface area contributed by atoms with Gasteiger partial charge >= 0.3 is 0 Å². The van der Waals surface area contributed by atoms with E-state index in [0.717, 1.165) is 21.3 Å². The lowest BCUT2D eigenvalue weighted by Gasteiger charge is -2.05. The molecule has 0 aliphatic heterocycles. The molecule has 1 amide bonds. The van der Waals surface area contributed by atoms with Gasteiger partial charge in [0.2, 0.25) is 0 Å². The zero-order valence-electron chi connectivity index (χ0n) is 12.4. The normalized spacial score (nSPS) is 10.9. The third-order valence-corrected chi connectivity index (χ3v) is 4.78. The standard InChI is InChI=1S/C16H14BrN3O2S/c1-10-14-8-11(9-19-16(14)22-20-10)15(21)18-6-7-23-13-4-2-12(17)3-5-13/h2-5,8-9H,6-7H2,1H3,(H,18,21). The molecule has 1 N–H and O–H groups in total. The number of benzene rings is 1. The molecule has 2 heterocycles.